The largest absolute Gasteiger partial charge is 0.380 e. The van der Waals surface area contributed by atoms with Crippen LogP contribution in [-0.4, -0.2) is 4.98 Å². The lowest BCUT2D eigenvalue weighted by Gasteiger charge is -2.13. The van der Waals surface area contributed by atoms with Crippen LogP contribution in [0.5, 0.6) is 0 Å². The standard InChI is InChI=1S/C15H18BrFN2S/c1-9-5-12(17)11(16)6-13(9)18-7-10-8-19-14(20-10)15(2,3)4/h5-6,8,18H,7H2,1-4H3. The number of rotatable bonds is 3. The van der Waals surface area contributed by atoms with Crippen LogP contribution in [0.2, 0.25) is 0 Å². The van der Waals surface area contributed by atoms with Crippen LogP contribution in [0.4, 0.5) is 10.1 Å². The van der Waals surface area contributed by atoms with Crippen LogP contribution in [0, 0.1) is 12.7 Å². The fraction of sp³-hybridized carbons (Fsp3) is 0.400. The third kappa shape index (κ3) is 3.58. The average molecular weight is 357 g/mol. The van der Waals surface area contributed by atoms with Crippen LogP contribution in [0.1, 0.15) is 36.2 Å². The van der Waals surface area contributed by atoms with Crippen molar-refractivity contribution in [3.63, 3.8) is 0 Å². The summed E-state index contributed by atoms with van der Waals surface area (Å²) in [6.45, 7) is 9.07. The quantitative estimate of drug-likeness (QED) is 0.810. The molecule has 1 N–H and O–H groups in total. The molecular formula is C15H18BrFN2S. The van der Waals surface area contributed by atoms with E-state index in [1.807, 2.05) is 13.1 Å². The van der Waals surface area contributed by atoms with Gasteiger partial charge in [0.15, 0.2) is 0 Å². The maximum atomic E-state index is 13.4. The minimum Gasteiger partial charge on any atom is -0.380 e. The smallest absolute Gasteiger partial charge is 0.137 e. The van der Waals surface area contributed by atoms with Crippen LogP contribution in [0.25, 0.3) is 0 Å². The van der Waals surface area contributed by atoms with Crippen molar-refractivity contribution in [3.05, 3.63) is 44.1 Å². The molecule has 20 heavy (non-hydrogen) atoms. The van der Waals surface area contributed by atoms with E-state index >= 15 is 0 Å². The molecule has 0 bridgehead atoms. The molecule has 1 heterocycles. The van der Waals surface area contributed by atoms with Crippen molar-refractivity contribution in [1.29, 1.82) is 0 Å². The van der Waals surface area contributed by atoms with E-state index in [2.05, 4.69) is 47.0 Å². The molecule has 0 aliphatic heterocycles. The minimum absolute atomic E-state index is 0.0811. The highest BCUT2D eigenvalue weighted by molar-refractivity contribution is 9.10. The van der Waals surface area contributed by atoms with Crippen LogP contribution >= 0.6 is 27.3 Å². The predicted octanol–water partition coefficient (Wildman–Crippen LogP) is 5.26. The fourth-order valence-electron chi connectivity index (χ4n) is 1.76. The molecule has 0 atom stereocenters. The van der Waals surface area contributed by atoms with Gasteiger partial charge in [0.2, 0.25) is 0 Å². The molecule has 1 aromatic carbocycles. The number of nitrogens with zero attached hydrogens (tertiary/aromatic N) is 1. The number of halogens is 2. The summed E-state index contributed by atoms with van der Waals surface area (Å²) < 4.78 is 13.9. The zero-order valence-electron chi connectivity index (χ0n) is 12.1. The Labute approximate surface area is 131 Å². The van der Waals surface area contributed by atoms with Gasteiger partial charge in [-0.05, 0) is 40.5 Å². The van der Waals surface area contributed by atoms with E-state index in [1.165, 1.54) is 10.9 Å². The highest BCUT2D eigenvalue weighted by Crippen LogP contribution is 2.28. The third-order valence-electron chi connectivity index (χ3n) is 2.92. The highest BCUT2D eigenvalue weighted by Gasteiger charge is 2.17. The van der Waals surface area contributed by atoms with Crippen molar-refractivity contribution < 1.29 is 4.39 Å². The molecule has 1 aromatic heterocycles. The first kappa shape index (κ1) is 15.4. The molecule has 2 nitrogen and oxygen atoms in total. The SMILES string of the molecule is Cc1cc(F)c(Br)cc1NCc1cnc(C(C)(C)C)s1. The summed E-state index contributed by atoms with van der Waals surface area (Å²) in [6, 6.07) is 3.30. The Morgan fingerprint density at radius 2 is 2.05 bits per heavy atom. The van der Waals surface area contributed by atoms with Gasteiger partial charge in [-0.3, -0.25) is 0 Å². The zero-order chi connectivity index (χ0) is 14.9. The molecular weight excluding hydrogens is 339 g/mol. The monoisotopic (exact) mass is 356 g/mol. The second-order valence-corrected chi connectivity index (χ2v) is 7.79. The number of hydrogen-bond donors (Lipinski definition) is 1. The van der Waals surface area contributed by atoms with Crippen LogP contribution in [0.15, 0.2) is 22.8 Å². The summed E-state index contributed by atoms with van der Waals surface area (Å²) >= 11 is 4.92. The number of thiazole rings is 1. The van der Waals surface area contributed by atoms with Crippen LogP contribution in [0.3, 0.4) is 0 Å². The van der Waals surface area contributed by atoms with Gasteiger partial charge in [0.05, 0.1) is 16.0 Å². The first-order chi connectivity index (χ1) is 9.27. The van der Waals surface area contributed by atoms with Gasteiger partial charge in [0.25, 0.3) is 0 Å². The molecule has 0 amide bonds. The molecule has 108 valence electrons. The molecule has 0 saturated heterocycles. The van der Waals surface area contributed by atoms with Crippen molar-refractivity contribution in [3.8, 4) is 0 Å². The lowest BCUT2D eigenvalue weighted by atomic mass is 9.98. The minimum atomic E-state index is -0.235. The number of aromatic nitrogens is 1. The number of aryl methyl sites for hydroxylation is 1. The van der Waals surface area contributed by atoms with E-state index in [0.29, 0.717) is 11.0 Å². The summed E-state index contributed by atoms with van der Waals surface area (Å²) in [4.78, 5) is 5.64. The Balaban J connectivity index is 2.09. The molecule has 0 radical (unpaired) electrons. The van der Waals surface area contributed by atoms with Crippen molar-refractivity contribution >= 4 is 33.0 Å². The number of hydrogen-bond acceptors (Lipinski definition) is 3. The fourth-order valence-corrected chi connectivity index (χ4v) is 3.01. The van der Waals surface area contributed by atoms with E-state index in [9.17, 15) is 4.39 Å². The topological polar surface area (TPSA) is 24.9 Å². The lowest BCUT2D eigenvalue weighted by molar-refractivity contribution is 0.585. The van der Waals surface area contributed by atoms with E-state index < -0.39 is 0 Å². The Morgan fingerprint density at radius 3 is 2.65 bits per heavy atom. The van der Waals surface area contributed by atoms with Gasteiger partial charge in [0.1, 0.15) is 5.82 Å². The van der Waals surface area contributed by atoms with Crippen molar-refractivity contribution in [2.45, 2.75) is 39.7 Å². The van der Waals surface area contributed by atoms with Gasteiger partial charge in [-0.15, -0.1) is 11.3 Å². The molecule has 5 heteroatoms. The van der Waals surface area contributed by atoms with E-state index in [0.717, 1.165) is 16.3 Å². The van der Waals surface area contributed by atoms with Gasteiger partial charge in [-0.25, -0.2) is 9.37 Å². The van der Waals surface area contributed by atoms with Gasteiger partial charge in [-0.1, -0.05) is 20.8 Å². The Morgan fingerprint density at radius 1 is 1.35 bits per heavy atom. The van der Waals surface area contributed by atoms with Gasteiger partial charge < -0.3 is 5.32 Å². The molecule has 2 rings (SSSR count). The average Bonchev–Trinajstić information content (AvgIpc) is 2.80. The second kappa shape index (κ2) is 5.82. The summed E-state index contributed by atoms with van der Waals surface area (Å²) in [7, 11) is 0. The second-order valence-electron chi connectivity index (χ2n) is 5.82. The molecule has 0 aliphatic carbocycles. The molecule has 2 aromatic rings. The molecule has 0 fully saturated rings. The molecule has 0 unspecified atom stereocenters. The van der Waals surface area contributed by atoms with Crippen molar-refractivity contribution in [1.82, 2.24) is 4.98 Å². The van der Waals surface area contributed by atoms with Crippen LogP contribution < -0.4 is 5.32 Å². The van der Waals surface area contributed by atoms with Gasteiger partial charge >= 0.3 is 0 Å². The number of nitrogens with one attached hydrogen (secondary N) is 1. The summed E-state index contributed by atoms with van der Waals surface area (Å²) in [5.74, 6) is -0.235. The molecule has 0 saturated carbocycles. The van der Waals surface area contributed by atoms with Crippen molar-refractivity contribution in [2.75, 3.05) is 5.32 Å². The molecule has 0 spiro atoms. The summed E-state index contributed by atoms with van der Waals surface area (Å²) in [5.41, 5.74) is 1.91. The Kier molecular flexibility index (Phi) is 4.49. The predicted molar refractivity (Wildman–Crippen MR) is 87.0 cm³/mol. The third-order valence-corrected chi connectivity index (χ3v) is 4.95. The van der Waals surface area contributed by atoms with Gasteiger partial charge in [-0.2, -0.15) is 0 Å². The maximum Gasteiger partial charge on any atom is 0.137 e. The lowest BCUT2D eigenvalue weighted by Crippen LogP contribution is -2.09. The zero-order valence-corrected chi connectivity index (χ0v) is 14.5. The Hall–Kier alpha value is -0.940. The summed E-state index contributed by atoms with van der Waals surface area (Å²) in [5, 5.41) is 4.47. The molecule has 0 aliphatic rings. The highest BCUT2D eigenvalue weighted by atomic mass is 79.9. The van der Waals surface area contributed by atoms with Crippen LogP contribution in [-0.2, 0) is 12.0 Å². The first-order valence-electron chi connectivity index (χ1n) is 6.42. The summed E-state index contributed by atoms with van der Waals surface area (Å²) in [6.07, 6.45) is 1.91. The Bertz CT molecular complexity index is 617. The normalized spacial score (nSPS) is 11.7. The van der Waals surface area contributed by atoms with E-state index in [1.54, 1.807) is 17.4 Å². The number of benzene rings is 1. The van der Waals surface area contributed by atoms with E-state index in [4.69, 9.17) is 0 Å². The van der Waals surface area contributed by atoms with Crippen molar-refractivity contribution in [2.24, 2.45) is 0 Å². The maximum absolute atomic E-state index is 13.4. The van der Waals surface area contributed by atoms with Gasteiger partial charge in [0, 0.05) is 22.2 Å². The number of anilines is 1. The first-order valence-corrected chi connectivity index (χ1v) is 8.03. The van der Waals surface area contributed by atoms with E-state index in [-0.39, 0.29) is 11.2 Å².